The van der Waals surface area contributed by atoms with E-state index in [1.54, 1.807) is 0 Å². The highest BCUT2D eigenvalue weighted by atomic mass is 32.2. The molecule has 2 aliphatic rings. The van der Waals surface area contributed by atoms with Crippen LogP contribution < -0.4 is 5.56 Å². The van der Waals surface area contributed by atoms with Crippen LogP contribution in [0.5, 0.6) is 0 Å². The quantitative estimate of drug-likeness (QED) is 0.856. The van der Waals surface area contributed by atoms with Gasteiger partial charge in [-0.1, -0.05) is 29.8 Å². The number of fused-ring (bicyclic) bond motifs is 1. The lowest BCUT2D eigenvalue weighted by atomic mass is 9.89. The summed E-state index contributed by atoms with van der Waals surface area (Å²) in [7, 11) is 0. The van der Waals surface area contributed by atoms with Crippen molar-refractivity contribution < 1.29 is 0 Å². The maximum Gasteiger partial charge on any atom is 0.255 e. The van der Waals surface area contributed by atoms with Crippen molar-refractivity contribution in [2.45, 2.75) is 50.7 Å². The van der Waals surface area contributed by atoms with Gasteiger partial charge in [-0.15, -0.1) is 0 Å². The minimum absolute atomic E-state index is 0.0844. The van der Waals surface area contributed by atoms with Crippen LogP contribution in [-0.2, 0) is 18.6 Å². The summed E-state index contributed by atoms with van der Waals surface area (Å²) in [6.45, 7) is 5.58. The molecule has 1 saturated heterocycles. The third-order valence-corrected chi connectivity index (χ3v) is 6.89. The van der Waals surface area contributed by atoms with Crippen LogP contribution in [0.3, 0.4) is 0 Å². The summed E-state index contributed by atoms with van der Waals surface area (Å²) >= 11 is 1.83. The first kappa shape index (κ1) is 18.8. The summed E-state index contributed by atoms with van der Waals surface area (Å²) in [5, 5.41) is 0. The molecule has 0 radical (unpaired) electrons. The van der Waals surface area contributed by atoms with Crippen molar-refractivity contribution in [2.75, 3.05) is 25.4 Å². The van der Waals surface area contributed by atoms with Gasteiger partial charge in [-0.2, -0.15) is 11.8 Å². The lowest BCUT2D eigenvalue weighted by molar-refractivity contribution is 0.210. The van der Waals surface area contributed by atoms with Gasteiger partial charge in [0.15, 0.2) is 0 Å². The Morgan fingerprint density at radius 1 is 1.22 bits per heavy atom. The predicted molar refractivity (Wildman–Crippen MR) is 113 cm³/mol. The molecule has 2 aromatic rings. The zero-order chi connectivity index (χ0) is 18.6. The molecule has 0 saturated carbocycles. The topological polar surface area (TPSA) is 49.0 Å². The van der Waals surface area contributed by atoms with Gasteiger partial charge in [-0.3, -0.25) is 4.79 Å². The van der Waals surface area contributed by atoms with E-state index in [2.05, 4.69) is 41.1 Å². The first-order chi connectivity index (χ1) is 13.2. The fourth-order valence-corrected chi connectivity index (χ4v) is 5.20. The average molecular weight is 384 g/mol. The zero-order valence-electron chi connectivity index (χ0n) is 16.2. The Morgan fingerprint density at radius 2 is 2.00 bits per heavy atom. The van der Waals surface area contributed by atoms with Gasteiger partial charge in [0.25, 0.3) is 5.56 Å². The second kappa shape index (κ2) is 8.61. The van der Waals surface area contributed by atoms with E-state index in [0.717, 1.165) is 54.4 Å². The largest absolute Gasteiger partial charge is 0.310 e. The molecule has 2 aliphatic heterocycles. The number of aromatic amines is 1. The monoisotopic (exact) mass is 383 g/mol. The molecule has 3 heterocycles. The summed E-state index contributed by atoms with van der Waals surface area (Å²) in [4.78, 5) is 22.5. The molecule has 0 spiro atoms. The fourth-order valence-electron chi connectivity index (χ4n) is 4.21. The number of aromatic nitrogens is 2. The van der Waals surface area contributed by atoms with Gasteiger partial charge in [0, 0.05) is 17.7 Å². The van der Waals surface area contributed by atoms with E-state index < -0.39 is 0 Å². The molecule has 0 aliphatic carbocycles. The molecule has 1 N–H and O–H groups in total. The van der Waals surface area contributed by atoms with E-state index in [-0.39, 0.29) is 5.56 Å². The first-order valence-corrected chi connectivity index (χ1v) is 11.3. The van der Waals surface area contributed by atoms with Gasteiger partial charge in [0.05, 0.1) is 5.69 Å². The number of rotatable bonds is 5. The molecular formula is C22H29N3OS. The maximum atomic E-state index is 12.2. The number of hydrogen-bond donors (Lipinski definition) is 1. The lowest BCUT2D eigenvalue weighted by Gasteiger charge is -2.32. The highest BCUT2D eigenvalue weighted by molar-refractivity contribution is 7.98. The van der Waals surface area contributed by atoms with E-state index in [9.17, 15) is 4.79 Å². The number of aryl methyl sites for hydroxylation is 3. The molecule has 0 atom stereocenters. The highest BCUT2D eigenvalue weighted by Crippen LogP contribution is 2.28. The van der Waals surface area contributed by atoms with E-state index >= 15 is 0 Å². The Labute approximate surface area is 165 Å². The normalized spacial score (nSPS) is 18.4. The van der Waals surface area contributed by atoms with E-state index in [1.165, 1.54) is 37.1 Å². The lowest BCUT2D eigenvalue weighted by Crippen LogP contribution is -2.34. The predicted octanol–water partition coefficient (Wildman–Crippen LogP) is 3.68. The van der Waals surface area contributed by atoms with Gasteiger partial charge in [0.2, 0.25) is 0 Å². The third kappa shape index (κ3) is 4.64. The number of nitrogens with one attached hydrogen (secondary N) is 1. The molecule has 1 fully saturated rings. The van der Waals surface area contributed by atoms with Crippen molar-refractivity contribution in [3.05, 3.63) is 62.8 Å². The van der Waals surface area contributed by atoms with Crippen LogP contribution >= 0.6 is 11.8 Å². The summed E-state index contributed by atoms with van der Waals surface area (Å²) in [6, 6.07) is 9.05. The summed E-state index contributed by atoms with van der Waals surface area (Å²) in [5.74, 6) is 3.48. The Kier molecular flexibility index (Phi) is 5.98. The number of nitrogens with zero attached hydrogens (tertiary/aromatic N) is 2. The molecule has 1 aromatic heterocycles. The van der Waals surface area contributed by atoms with Crippen LogP contribution in [0.2, 0.25) is 0 Å². The van der Waals surface area contributed by atoms with Gasteiger partial charge < -0.3 is 9.88 Å². The average Bonchev–Trinajstić information content (AvgIpc) is 2.69. The van der Waals surface area contributed by atoms with E-state index in [0.29, 0.717) is 5.92 Å². The maximum absolute atomic E-state index is 12.2. The van der Waals surface area contributed by atoms with Gasteiger partial charge >= 0.3 is 0 Å². The second-order valence-electron chi connectivity index (χ2n) is 7.87. The third-order valence-electron chi connectivity index (χ3n) is 5.90. The smallest absolute Gasteiger partial charge is 0.255 e. The molecule has 1 aromatic carbocycles. The van der Waals surface area contributed by atoms with Crippen molar-refractivity contribution in [2.24, 2.45) is 0 Å². The zero-order valence-corrected chi connectivity index (χ0v) is 17.0. The number of hydrogen-bond acceptors (Lipinski definition) is 4. The molecular weight excluding hydrogens is 354 g/mol. The van der Waals surface area contributed by atoms with Crippen LogP contribution in [-0.4, -0.2) is 40.3 Å². The number of piperidine rings is 1. The van der Waals surface area contributed by atoms with Crippen molar-refractivity contribution >= 4 is 11.8 Å². The van der Waals surface area contributed by atoms with Gasteiger partial charge in [0.1, 0.15) is 5.82 Å². The van der Waals surface area contributed by atoms with Crippen LogP contribution in [0.4, 0.5) is 0 Å². The molecule has 144 valence electrons. The summed E-state index contributed by atoms with van der Waals surface area (Å²) in [5.41, 5.74) is 4.85. The highest BCUT2D eigenvalue weighted by Gasteiger charge is 2.20. The molecule has 5 heteroatoms. The number of benzene rings is 1. The van der Waals surface area contributed by atoms with Gasteiger partial charge in [-0.25, -0.2) is 4.98 Å². The van der Waals surface area contributed by atoms with Crippen LogP contribution in [0.15, 0.2) is 29.1 Å². The number of likely N-dealkylation sites (tertiary alicyclic amines) is 1. The fraction of sp³-hybridized carbons (Fsp3) is 0.545. The van der Waals surface area contributed by atoms with Crippen molar-refractivity contribution in [3.63, 3.8) is 0 Å². The second-order valence-corrected chi connectivity index (χ2v) is 8.98. The standard InChI is InChI=1S/C22H29N3OS/c1-16-4-6-17(7-5-16)18-8-12-25(13-9-18)11-2-3-21-23-20-10-14-27-15-19(20)22(26)24-21/h4-7,18H,2-3,8-15H2,1H3,(H,23,24,26). The van der Waals surface area contributed by atoms with Crippen molar-refractivity contribution in [1.82, 2.24) is 14.9 Å². The SMILES string of the molecule is Cc1ccc(C2CCN(CCCc3nc4c(c(=O)[nH]3)CSCC4)CC2)cc1. The van der Waals surface area contributed by atoms with Crippen LogP contribution in [0.25, 0.3) is 0 Å². The Balaban J connectivity index is 1.25. The molecule has 4 rings (SSSR count). The molecule has 0 amide bonds. The first-order valence-electron chi connectivity index (χ1n) is 10.2. The van der Waals surface area contributed by atoms with Crippen LogP contribution in [0, 0.1) is 6.92 Å². The molecule has 27 heavy (non-hydrogen) atoms. The number of thioether (sulfide) groups is 1. The van der Waals surface area contributed by atoms with Crippen molar-refractivity contribution in [1.29, 1.82) is 0 Å². The van der Waals surface area contributed by atoms with Crippen LogP contribution in [0.1, 0.15) is 53.4 Å². The molecule has 0 bridgehead atoms. The van der Waals surface area contributed by atoms with E-state index in [4.69, 9.17) is 4.98 Å². The Bertz CT molecular complexity index is 822. The van der Waals surface area contributed by atoms with E-state index in [1.807, 2.05) is 11.8 Å². The summed E-state index contributed by atoms with van der Waals surface area (Å²) < 4.78 is 0. The molecule has 4 nitrogen and oxygen atoms in total. The Morgan fingerprint density at radius 3 is 2.78 bits per heavy atom. The summed E-state index contributed by atoms with van der Waals surface area (Å²) in [6.07, 6.45) is 5.35. The Hall–Kier alpha value is -1.59. The molecule has 0 unspecified atom stereocenters. The minimum Gasteiger partial charge on any atom is -0.310 e. The number of H-pyrrole nitrogens is 1. The van der Waals surface area contributed by atoms with Crippen molar-refractivity contribution in [3.8, 4) is 0 Å². The minimum atomic E-state index is 0.0844. The van der Waals surface area contributed by atoms with Gasteiger partial charge in [-0.05, 0) is 69.5 Å².